The number of nitrogens with zero attached hydrogens (tertiary/aromatic N) is 3. The maximum absolute atomic E-state index is 5.48. The molecule has 0 fully saturated rings. The van der Waals surface area contributed by atoms with Gasteiger partial charge in [0.1, 0.15) is 5.75 Å². The molecule has 0 spiro atoms. The van der Waals surface area contributed by atoms with Crippen molar-refractivity contribution in [3.63, 3.8) is 0 Å². The number of aromatic nitrogens is 1. The Bertz CT molecular complexity index is 576. The summed E-state index contributed by atoms with van der Waals surface area (Å²) in [7, 11) is 3.50. The van der Waals surface area contributed by atoms with Crippen LogP contribution in [0.15, 0.2) is 11.2 Å². The topological polar surface area (TPSA) is 61.8 Å². The lowest BCUT2D eigenvalue weighted by Crippen LogP contribution is -2.42. The van der Waals surface area contributed by atoms with Crippen molar-refractivity contribution >= 4 is 29.9 Å². The average molecular weight is 491 g/mol. The molecule has 1 unspecified atom stereocenters. The van der Waals surface area contributed by atoms with Crippen LogP contribution < -0.4 is 15.4 Å². The number of halogens is 1. The van der Waals surface area contributed by atoms with Gasteiger partial charge < -0.3 is 20.3 Å². The van der Waals surface area contributed by atoms with E-state index >= 15 is 0 Å². The largest absolute Gasteiger partial charge is 0.496 e. The Kier molecular flexibility index (Phi) is 13.4. The molecule has 0 aromatic carbocycles. The molecule has 1 aromatic rings. The predicted molar refractivity (Wildman–Crippen MR) is 125 cm³/mol. The van der Waals surface area contributed by atoms with Crippen molar-refractivity contribution < 1.29 is 4.74 Å². The molecule has 1 heterocycles. The third-order valence-corrected chi connectivity index (χ3v) is 4.79. The van der Waals surface area contributed by atoms with E-state index < -0.39 is 0 Å². The molecule has 1 rings (SSSR count). The van der Waals surface area contributed by atoms with Gasteiger partial charge in [0, 0.05) is 30.4 Å². The van der Waals surface area contributed by atoms with E-state index in [0.29, 0.717) is 12.6 Å². The first-order valence-electron chi connectivity index (χ1n) is 9.65. The molecule has 1 atom stereocenters. The Morgan fingerprint density at radius 2 is 1.96 bits per heavy atom. The summed E-state index contributed by atoms with van der Waals surface area (Å²) in [4.78, 5) is 11.3. The summed E-state index contributed by atoms with van der Waals surface area (Å²) in [6, 6.07) is 0.373. The summed E-state index contributed by atoms with van der Waals surface area (Å²) in [5.74, 6) is 1.71. The SMILES string of the molecule is CCN(CC)CCCC(C)NC(=NC)NCc1ncc(C)c(OC)c1C.I. The van der Waals surface area contributed by atoms with E-state index in [2.05, 4.69) is 46.3 Å². The van der Waals surface area contributed by atoms with Crippen molar-refractivity contribution in [2.45, 2.75) is 60.0 Å². The zero-order chi connectivity index (χ0) is 19.5. The Balaban J connectivity index is 0.00000676. The van der Waals surface area contributed by atoms with Crippen LogP contribution in [0.3, 0.4) is 0 Å². The maximum Gasteiger partial charge on any atom is 0.191 e. The van der Waals surface area contributed by atoms with Gasteiger partial charge in [-0.25, -0.2) is 0 Å². The van der Waals surface area contributed by atoms with Crippen LogP contribution in [-0.4, -0.2) is 55.7 Å². The minimum Gasteiger partial charge on any atom is -0.496 e. The van der Waals surface area contributed by atoms with Crippen LogP contribution in [0, 0.1) is 13.8 Å². The predicted octanol–water partition coefficient (Wildman–Crippen LogP) is 3.50. The maximum atomic E-state index is 5.48. The first-order chi connectivity index (χ1) is 12.5. The lowest BCUT2D eigenvalue weighted by molar-refractivity contribution is 0.292. The number of hydrogen-bond acceptors (Lipinski definition) is 4. The molecule has 1 aromatic heterocycles. The number of methoxy groups -OCH3 is 1. The molecule has 156 valence electrons. The lowest BCUT2D eigenvalue weighted by Gasteiger charge is -2.21. The van der Waals surface area contributed by atoms with E-state index in [-0.39, 0.29) is 24.0 Å². The van der Waals surface area contributed by atoms with Crippen molar-refractivity contribution in [3.8, 4) is 5.75 Å². The van der Waals surface area contributed by atoms with Gasteiger partial charge in [-0.05, 0) is 53.2 Å². The number of pyridine rings is 1. The van der Waals surface area contributed by atoms with Gasteiger partial charge in [-0.2, -0.15) is 0 Å². The van der Waals surface area contributed by atoms with Gasteiger partial charge in [0.2, 0.25) is 0 Å². The van der Waals surface area contributed by atoms with Crippen LogP contribution in [0.5, 0.6) is 5.75 Å². The fraction of sp³-hybridized carbons (Fsp3) is 0.700. The highest BCUT2D eigenvalue weighted by molar-refractivity contribution is 14.0. The van der Waals surface area contributed by atoms with Crippen LogP contribution in [0.25, 0.3) is 0 Å². The third-order valence-electron chi connectivity index (χ3n) is 4.79. The molecule has 6 nitrogen and oxygen atoms in total. The summed E-state index contributed by atoms with van der Waals surface area (Å²) in [6.45, 7) is 14.7. The third kappa shape index (κ3) is 8.64. The van der Waals surface area contributed by atoms with Crippen LogP contribution >= 0.6 is 24.0 Å². The number of guanidine groups is 1. The van der Waals surface area contributed by atoms with E-state index in [9.17, 15) is 0 Å². The van der Waals surface area contributed by atoms with Gasteiger partial charge in [-0.15, -0.1) is 24.0 Å². The zero-order valence-electron chi connectivity index (χ0n) is 18.1. The Morgan fingerprint density at radius 3 is 2.52 bits per heavy atom. The molecule has 0 saturated carbocycles. The molecule has 0 aliphatic heterocycles. The molecule has 0 saturated heterocycles. The minimum absolute atomic E-state index is 0. The highest BCUT2D eigenvalue weighted by Gasteiger charge is 2.11. The summed E-state index contributed by atoms with van der Waals surface area (Å²) in [6.07, 6.45) is 4.16. The van der Waals surface area contributed by atoms with E-state index in [1.54, 1.807) is 14.2 Å². The molecule has 2 N–H and O–H groups in total. The monoisotopic (exact) mass is 491 g/mol. The van der Waals surface area contributed by atoms with Crippen LogP contribution in [0.1, 0.15) is 50.4 Å². The normalized spacial score (nSPS) is 12.5. The Morgan fingerprint density at radius 1 is 1.30 bits per heavy atom. The minimum atomic E-state index is 0. The van der Waals surface area contributed by atoms with E-state index in [1.165, 1.54) is 6.42 Å². The van der Waals surface area contributed by atoms with Gasteiger partial charge in [0.25, 0.3) is 0 Å². The van der Waals surface area contributed by atoms with E-state index in [4.69, 9.17) is 4.74 Å². The quantitative estimate of drug-likeness (QED) is 0.298. The van der Waals surface area contributed by atoms with Crippen LogP contribution in [-0.2, 0) is 6.54 Å². The Labute approximate surface area is 182 Å². The number of rotatable bonds is 10. The van der Waals surface area contributed by atoms with Gasteiger partial charge >= 0.3 is 0 Å². The smallest absolute Gasteiger partial charge is 0.191 e. The van der Waals surface area contributed by atoms with Crippen LogP contribution in [0.4, 0.5) is 0 Å². The molecule has 0 amide bonds. The highest BCUT2D eigenvalue weighted by atomic mass is 127. The first-order valence-corrected chi connectivity index (χ1v) is 9.65. The van der Waals surface area contributed by atoms with Gasteiger partial charge in [-0.1, -0.05) is 13.8 Å². The van der Waals surface area contributed by atoms with Crippen LogP contribution in [0.2, 0.25) is 0 Å². The standard InChI is InChI=1S/C20H37N5O.HI/c1-8-25(9-2)12-10-11-16(4)24-20(21-6)23-14-18-17(5)19(26-7)15(3)13-22-18;/h13,16H,8-12,14H2,1-7H3,(H2,21,23,24);1H. The molecular weight excluding hydrogens is 453 g/mol. The second-order valence-electron chi connectivity index (χ2n) is 6.69. The molecule has 0 aliphatic rings. The molecule has 0 bridgehead atoms. The van der Waals surface area contributed by atoms with Crippen molar-refractivity contribution in [3.05, 3.63) is 23.0 Å². The fourth-order valence-corrected chi connectivity index (χ4v) is 3.08. The van der Waals surface area contributed by atoms with Crippen molar-refractivity contribution in [2.24, 2.45) is 4.99 Å². The fourth-order valence-electron chi connectivity index (χ4n) is 3.08. The number of aryl methyl sites for hydroxylation is 1. The number of hydrogen-bond donors (Lipinski definition) is 2. The number of ether oxygens (including phenoxy) is 1. The van der Waals surface area contributed by atoms with E-state index in [1.807, 2.05) is 20.0 Å². The summed E-state index contributed by atoms with van der Waals surface area (Å²) < 4.78 is 5.48. The first kappa shape index (κ1) is 25.9. The van der Waals surface area contributed by atoms with Crippen molar-refractivity contribution in [2.75, 3.05) is 33.8 Å². The van der Waals surface area contributed by atoms with Gasteiger partial charge in [0.15, 0.2) is 5.96 Å². The molecule has 7 heteroatoms. The van der Waals surface area contributed by atoms with Gasteiger partial charge in [-0.3, -0.25) is 9.98 Å². The molecule has 0 radical (unpaired) electrons. The molecular formula is C20H38IN5O. The molecule has 0 aliphatic carbocycles. The Hall–Kier alpha value is -1.09. The van der Waals surface area contributed by atoms with E-state index in [0.717, 1.165) is 54.6 Å². The zero-order valence-corrected chi connectivity index (χ0v) is 20.4. The lowest BCUT2D eigenvalue weighted by atomic mass is 10.1. The number of aliphatic imine (C=N–C) groups is 1. The average Bonchev–Trinajstić information content (AvgIpc) is 2.64. The second kappa shape index (κ2) is 14.0. The molecule has 27 heavy (non-hydrogen) atoms. The van der Waals surface area contributed by atoms with Gasteiger partial charge in [0.05, 0.1) is 19.3 Å². The van der Waals surface area contributed by atoms with Crippen molar-refractivity contribution in [1.29, 1.82) is 0 Å². The summed E-state index contributed by atoms with van der Waals surface area (Å²) in [5, 5.41) is 6.83. The van der Waals surface area contributed by atoms with Crippen molar-refractivity contribution in [1.82, 2.24) is 20.5 Å². The summed E-state index contributed by atoms with van der Waals surface area (Å²) >= 11 is 0. The second-order valence-corrected chi connectivity index (χ2v) is 6.69. The number of nitrogens with one attached hydrogen (secondary N) is 2. The summed E-state index contributed by atoms with van der Waals surface area (Å²) in [5.41, 5.74) is 3.10. The highest BCUT2D eigenvalue weighted by Crippen LogP contribution is 2.23.